The van der Waals surface area contributed by atoms with E-state index in [1.165, 1.54) is 19.0 Å². The van der Waals surface area contributed by atoms with Crippen LogP contribution in [0.25, 0.3) is 16.9 Å². The number of hydrogen-bond acceptors (Lipinski definition) is 11. The second kappa shape index (κ2) is 11.2. The molecule has 4 aliphatic rings. The van der Waals surface area contributed by atoms with E-state index < -0.39 is 75.6 Å². The maximum Gasteiger partial charge on any atom is 0.255 e. The number of aliphatic hydroxyl groups is 4. The van der Waals surface area contributed by atoms with Crippen molar-refractivity contribution in [2.24, 2.45) is 17.6 Å². The fourth-order valence-corrected chi connectivity index (χ4v) is 8.10. The molecule has 12 nitrogen and oxygen atoms in total. The van der Waals surface area contributed by atoms with Crippen molar-refractivity contribution in [2.45, 2.75) is 50.0 Å². The van der Waals surface area contributed by atoms with Crippen LogP contribution >= 0.6 is 0 Å². The lowest BCUT2D eigenvalue weighted by molar-refractivity contribution is -0.169. The van der Waals surface area contributed by atoms with Crippen LogP contribution in [-0.4, -0.2) is 105 Å². The van der Waals surface area contributed by atoms with Gasteiger partial charge in [0.2, 0.25) is 5.78 Å². The first-order valence-electron chi connectivity index (χ1n) is 15.3. The molecule has 0 radical (unpaired) electrons. The molecule has 1 amide bonds. The number of methoxy groups -OCH3 is 1. The summed E-state index contributed by atoms with van der Waals surface area (Å²) in [5.74, 6) is -8.46. The van der Waals surface area contributed by atoms with Crippen molar-refractivity contribution in [3.05, 3.63) is 63.9 Å². The Balaban J connectivity index is 1.51. The van der Waals surface area contributed by atoms with Crippen LogP contribution in [0.5, 0.6) is 11.5 Å². The van der Waals surface area contributed by atoms with E-state index in [2.05, 4.69) is 4.90 Å². The number of phenols is 1. The molecular formula is C34H39N3O9. The Kier molecular flexibility index (Phi) is 7.75. The minimum atomic E-state index is -2.96. The number of carbonyl (C=O) groups excluding carboxylic acids is 3. The molecule has 46 heavy (non-hydrogen) atoms. The van der Waals surface area contributed by atoms with Gasteiger partial charge in [-0.25, -0.2) is 0 Å². The van der Waals surface area contributed by atoms with Gasteiger partial charge in [-0.05, 0) is 69.2 Å². The van der Waals surface area contributed by atoms with Crippen LogP contribution < -0.4 is 10.5 Å². The molecule has 6 unspecified atom stereocenters. The van der Waals surface area contributed by atoms with Gasteiger partial charge < -0.3 is 36.0 Å². The summed E-state index contributed by atoms with van der Waals surface area (Å²) in [5.41, 5.74) is 3.38. The average Bonchev–Trinajstić information content (AvgIpc) is 3.52. The van der Waals surface area contributed by atoms with Crippen LogP contribution in [0.3, 0.4) is 0 Å². The summed E-state index contributed by atoms with van der Waals surface area (Å²) < 4.78 is 5.59. The van der Waals surface area contributed by atoms with Crippen molar-refractivity contribution in [3.63, 3.8) is 0 Å². The molecule has 2 aromatic carbocycles. The second-order valence-electron chi connectivity index (χ2n) is 13.0. The quantitative estimate of drug-likeness (QED) is 0.254. The Morgan fingerprint density at radius 1 is 1.11 bits per heavy atom. The van der Waals surface area contributed by atoms with Crippen LogP contribution in [0.4, 0.5) is 0 Å². The van der Waals surface area contributed by atoms with Crippen molar-refractivity contribution < 1.29 is 44.7 Å². The average molecular weight is 634 g/mol. The normalized spacial score (nSPS) is 29.6. The van der Waals surface area contributed by atoms with Gasteiger partial charge in [-0.3, -0.25) is 24.2 Å². The van der Waals surface area contributed by atoms with E-state index in [1.54, 1.807) is 32.2 Å². The SMILES string of the molecule is COc1ccc(-c2ccc3c(c2O)C(O)=C2C(=O)C4(O)C(O)=C(C(N)=O)C(=O)C(N(C)C)C4C(O)C2C3C)cc1CN1CCCC1. The zero-order valence-electron chi connectivity index (χ0n) is 26.1. The number of nitrogens with zero attached hydrogens (tertiary/aromatic N) is 2. The van der Waals surface area contributed by atoms with Crippen molar-refractivity contribution in [2.75, 3.05) is 34.3 Å². The molecule has 1 heterocycles. The number of carbonyl (C=O) groups is 3. The molecule has 2 aromatic rings. The molecule has 1 saturated heterocycles. The molecule has 6 atom stereocenters. The third-order valence-electron chi connectivity index (χ3n) is 10.3. The molecule has 1 saturated carbocycles. The van der Waals surface area contributed by atoms with E-state index in [9.17, 15) is 39.9 Å². The van der Waals surface area contributed by atoms with Gasteiger partial charge in [0.05, 0.1) is 30.7 Å². The summed E-state index contributed by atoms with van der Waals surface area (Å²) in [6.45, 7) is 4.31. The van der Waals surface area contributed by atoms with E-state index in [0.717, 1.165) is 31.5 Å². The third kappa shape index (κ3) is 4.38. The largest absolute Gasteiger partial charge is 0.508 e. The highest BCUT2D eigenvalue weighted by molar-refractivity contribution is 6.24. The molecule has 12 heteroatoms. The summed E-state index contributed by atoms with van der Waals surface area (Å²) in [6, 6.07) is 7.52. The number of ketones is 2. The van der Waals surface area contributed by atoms with Crippen molar-refractivity contribution in [1.29, 1.82) is 0 Å². The zero-order valence-corrected chi connectivity index (χ0v) is 26.1. The minimum Gasteiger partial charge on any atom is -0.508 e. The molecular weight excluding hydrogens is 594 g/mol. The number of ether oxygens (including phenoxy) is 1. The zero-order chi connectivity index (χ0) is 33.4. The molecule has 6 rings (SSSR count). The van der Waals surface area contributed by atoms with Gasteiger partial charge >= 0.3 is 0 Å². The Bertz CT molecular complexity index is 1720. The fourth-order valence-electron chi connectivity index (χ4n) is 8.10. The van der Waals surface area contributed by atoms with Gasteiger partial charge in [0.15, 0.2) is 11.4 Å². The van der Waals surface area contributed by atoms with Gasteiger partial charge in [-0.2, -0.15) is 0 Å². The number of benzene rings is 2. The molecule has 0 spiro atoms. The van der Waals surface area contributed by atoms with Gasteiger partial charge in [-0.15, -0.1) is 0 Å². The number of hydrogen-bond donors (Lipinski definition) is 6. The highest BCUT2D eigenvalue weighted by atomic mass is 16.5. The van der Waals surface area contributed by atoms with E-state index in [4.69, 9.17) is 10.5 Å². The number of fused-ring (bicyclic) bond motifs is 3. The van der Waals surface area contributed by atoms with Crippen LogP contribution in [0.15, 0.2) is 47.2 Å². The summed E-state index contributed by atoms with van der Waals surface area (Å²) in [5, 5.41) is 58.2. The van der Waals surface area contributed by atoms with Gasteiger partial charge in [-0.1, -0.05) is 25.1 Å². The maximum atomic E-state index is 14.3. The van der Waals surface area contributed by atoms with E-state index in [1.807, 2.05) is 12.1 Å². The van der Waals surface area contributed by atoms with E-state index in [-0.39, 0.29) is 11.3 Å². The van der Waals surface area contributed by atoms with Crippen LogP contribution in [0.2, 0.25) is 0 Å². The smallest absolute Gasteiger partial charge is 0.255 e. The molecule has 3 aliphatic carbocycles. The molecule has 2 fully saturated rings. The standard InChI is InChI=1S/C34H39N3O9/c1-15-18-8-9-19(16-7-10-20(46-4)17(13-16)14-37-11-5-6-12-37)27(38)22(18)28(39)23-21(15)29(40)25-26(36(2)3)30(41)24(33(35)44)32(43)34(25,45)31(23)42/h7-10,13,15,21,25-26,29,38-40,43,45H,5-6,11-12,14H2,1-4H3,(H2,35,44). The predicted molar refractivity (Wildman–Crippen MR) is 167 cm³/mol. The topological polar surface area (TPSA) is 194 Å². The monoisotopic (exact) mass is 633 g/mol. The number of primary amides is 1. The number of likely N-dealkylation sites (N-methyl/N-ethyl adjacent to an activating group) is 1. The number of rotatable bonds is 6. The van der Waals surface area contributed by atoms with Crippen LogP contribution in [-0.2, 0) is 20.9 Å². The number of aliphatic hydroxyl groups excluding tert-OH is 3. The number of Topliss-reactive ketones (excluding diaryl/α,β-unsaturated/α-hetero) is 2. The van der Waals surface area contributed by atoms with Crippen molar-refractivity contribution >= 4 is 23.2 Å². The highest BCUT2D eigenvalue weighted by Crippen LogP contribution is 2.57. The first kappa shape index (κ1) is 31.7. The van der Waals surface area contributed by atoms with Crippen molar-refractivity contribution in [3.8, 4) is 22.6 Å². The highest BCUT2D eigenvalue weighted by Gasteiger charge is 2.68. The third-order valence-corrected chi connectivity index (χ3v) is 10.3. The summed E-state index contributed by atoms with van der Waals surface area (Å²) in [4.78, 5) is 43.5. The molecule has 244 valence electrons. The summed E-state index contributed by atoms with van der Waals surface area (Å²) >= 11 is 0. The lowest BCUT2D eigenvalue weighted by atomic mass is 9.54. The van der Waals surface area contributed by atoms with E-state index in [0.29, 0.717) is 29.0 Å². The van der Waals surface area contributed by atoms with Crippen LogP contribution in [0.1, 0.15) is 42.4 Å². The molecule has 1 aliphatic heterocycles. The molecule has 7 N–H and O–H groups in total. The molecule has 0 bridgehead atoms. The van der Waals surface area contributed by atoms with Gasteiger partial charge in [0.25, 0.3) is 5.91 Å². The number of aromatic hydroxyl groups is 1. The summed E-state index contributed by atoms with van der Waals surface area (Å²) in [6.07, 6.45) is 0.591. The van der Waals surface area contributed by atoms with Crippen LogP contribution in [0, 0.1) is 11.8 Å². The van der Waals surface area contributed by atoms with Crippen molar-refractivity contribution in [1.82, 2.24) is 9.80 Å². The first-order valence-corrected chi connectivity index (χ1v) is 15.3. The Hall–Kier alpha value is -4.23. The van der Waals surface area contributed by atoms with Gasteiger partial charge in [0, 0.05) is 29.2 Å². The predicted octanol–water partition coefficient (Wildman–Crippen LogP) is 1.77. The number of nitrogens with two attached hydrogens (primary N) is 1. The van der Waals surface area contributed by atoms with Gasteiger partial charge in [0.1, 0.15) is 28.6 Å². The Morgan fingerprint density at radius 3 is 2.39 bits per heavy atom. The Morgan fingerprint density at radius 2 is 1.78 bits per heavy atom. The first-order chi connectivity index (χ1) is 21.7. The number of amides is 1. The Labute approximate surface area is 266 Å². The second-order valence-corrected chi connectivity index (χ2v) is 13.0. The number of phenolic OH excluding ortho intramolecular Hbond substituents is 1. The minimum absolute atomic E-state index is 0.0506. The lowest BCUT2D eigenvalue weighted by Crippen LogP contribution is -2.70. The van der Waals surface area contributed by atoms with E-state index >= 15 is 0 Å². The summed E-state index contributed by atoms with van der Waals surface area (Å²) in [7, 11) is 4.54. The fraction of sp³-hybridized carbons (Fsp3) is 0.441. The maximum absolute atomic E-state index is 14.3. The number of likely N-dealkylation sites (tertiary alicyclic amines) is 1. The lowest BCUT2D eigenvalue weighted by Gasteiger charge is -2.53. The molecule has 0 aromatic heterocycles.